The number of rotatable bonds is 8. The molecule has 166 valence electrons. The van der Waals surface area contributed by atoms with Crippen molar-refractivity contribution in [3.63, 3.8) is 0 Å². The van der Waals surface area contributed by atoms with Crippen LogP contribution >= 0.6 is 11.3 Å². The minimum atomic E-state index is -0.476. The molecule has 0 radical (unpaired) electrons. The summed E-state index contributed by atoms with van der Waals surface area (Å²) in [5.74, 6) is 1.51. The lowest BCUT2D eigenvalue weighted by Gasteiger charge is -2.06. The highest BCUT2D eigenvalue weighted by Gasteiger charge is 2.22. The van der Waals surface area contributed by atoms with Crippen LogP contribution in [0.15, 0.2) is 51.9 Å². The summed E-state index contributed by atoms with van der Waals surface area (Å²) in [5.41, 5.74) is 1.85. The lowest BCUT2D eigenvalue weighted by Crippen LogP contribution is -2.14. The molecule has 3 aromatic rings. The molecule has 0 saturated carbocycles. The maximum Gasteiger partial charge on any atom is 0.282 e. The molecule has 1 aromatic heterocycles. The van der Waals surface area contributed by atoms with E-state index in [4.69, 9.17) is 18.9 Å². The monoisotopic (exact) mass is 456 g/mol. The Morgan fingerprint density at radius 1 is 1.22 bits per heavy atom. The van der Waals surface area contributed by atoms with Crippen LogP contribution < -0.4 is 19.0 Å². The molecule has 0 N–H and O–H groups in total. The second kappa shape index (κ2) is 9.62. The zero-order valence-corrected chi connectivity index (χ0v) is 18.2. The fourth-order valence-electron chi connectivity index (χ4n) is 3.04. The number of hydrogen-bond acceptors (Lipinski definition) is 9. The summed E-state index contributed by atoms with van der Waals surface area (Å²) in [5, 5.41) is 18.0. The highest BCUT2D eigenvalue weighted by atomic mass is 32.1. The van der Waals surface area contributed by atoms with Crippen molar-refractivity contribution in [1.29, 1.82) is 0 Å². The topological polar surface area (TPSA) is 110 Å². The van der Waals surface area contributed by atoms with Crippen LogP contribution in [0.1, 0.15) is 5.56 Å². The predicted octanol–water partition coefficient (Wildman–Crippen LogP) is 3.29. The Morgan fingerprint density at radius 2 is 1.97 bits per heavy atom. The van der Waals surface area contributed by atoms with Crippen molar-refractivity contribution in [2.24, 2.45) is 10.1 Å². The molecule has 1 aliphatic heterocycles. The number of fused-ring (bicyclic) bond motifs is 1. The fourth-order valence-corrected chi connectivity index (χ4v) is 3.90. The van der Waals surface area contributed by atoms with Gasteiger partial charge in [-0.1, -0.05) is 0 Å². The highest BCUT2D eigenvalue weighted by Crippen LogP contribution is 2.37. The minimum Gasteiger partial charge on any atom is -0.497 e. The first-order chi connectivity index (χ1) is 15.6. The molecular formula is C21H20N4O6S. The fraction of sp³-hybridized carbons (Fsp3) is 0.238. The molecule has 0 atom stereocenters. The number of thiazole rings is 1. The SMILES string of the molecule is COCCN=c1scc(-c2ccc(OC)cc2)n1N=Cc1cc2c(cc1[N+](=O)[O-])OCO2. The largest absolute Gasteiger partial charge is 0.497 e. The molecule has 2 heterocycles. The first-order valence-electron chi connectivity index (χ1n) is 9.57. The van der Waals surface area contributed by atoms with E-state index in [1.165, 1.54) is 23.6 Å². The Morgan fingerprint density at radius 3 is 2.66 bits per heavy atom. The molecule has 0 unspecified atom stereocenters. The number of nitro groups is 1. The molecule has 32 heavy (non-hydrogen) atoms. The third kappa shape index (κ3) is 4.48. The van der Waals surface area contributed by atoms with Gasteiger partial charge in [0.1, 0.15) is 5.75 Å². The van der Waals surface area contributed by atoms with Crippen molar-refractivity contribution in [3.8, 4) is 28.5 Å². The van der Waals surface area contributed by atoms with E-state index in [1.54, 1.807) is 25.0 Å². The zero-order chi connectivity index (χ0) is 22.5. The van der Waals surface area contributed by atoms with Gasteiger partial charge in [0.05, 0.1) is 48.7 Å². The number of nitro benzene ring substituents is 1. The average Bonchev–Trinajstić information content (AvgIpc) is 3.43. The van der Waals surface area contributed by atoms with Crippen LogP contribution in [0.2, 0.25) is 0 Å². The van der Waals surface area contributed by atoms with E-state index in [0.29, 0.717) is 35.0 Å². The summed E-state index contributed by atoms with van der Waals surface area (Å²) in [7, 11) is 3.22. The Kier molecular flexibility index (Phi) is 6.47. The van der Waals surface area contributed by atoms with Gasteiger partial charge in [-0.25, -0.2) is 4.68 Å². The van der Waals surface area contributed by atoms with Crippen LogP contribution in [-0.4, -0.2) is 50.0 Å². The second-order valence-corrected chi connectivity index (χ2v) is 7.42. The summed E-state index contributed by atoms with van der Waals surface area (Å²) in [4.78, 5) is 16.3. The van der Waals surface area contributed by atoms with E-state index < -0.39 is 4.92 Å². The lowest BCUT2D eigenvalue weighted by atomic mass is 10.1. The molecule has 0 amide bonds. The van der Waals surface area contributed by atoms with Gasteiger partial charge in [0.25, 0.3) is 5.69 Å². The Labute approximate surface area is 187 Å². The number of hydrogen-bond donors (Lipinski definition) is 0. The molecule has 0 fully saturated rings. The van der Waals surface area contributed by atoms with Gasteiger partial charge in [0, 0.05) is 18.1 Å². The summed E-state index contributed by atoms with van der Waals surface area (Å²) >= 11 is 1.41. The van der Waals surface area contributed by atoms with Crippen molar-refractivity contribution < 1.29 is 23.9 Å². The Hall–Kier alpha value is -3.70. The molecule has 2 aromatic carbocycles. The molecule has 10 nitrogen and oxygen atoms in total. The number of benzene rings is 2. The van der Waals surface area contributed by atoms with Crippen LogP contribution in [0.25, 0.3) is 11.3 Å². The Bertz CT molecular complexity index is 1220. The maximum atomic E-state index is 11.6. The number of nitrogens with zero attached hydrogens (tertiary/aromatic N) is 4. The standard InChI is InChI=1S/C21H20N4O6S/c1-28-8-7-22-21-24(18(12-32-21)14-3-5-16(29-2)6-4-14)23-11-15-9-19-20(31-13-30-19)10-17(15)25(26)27/h3-6,9-12H,7-8,13H2,1-2H3. The van der Waals surface area contributed by atoms with Crippen molar-refractivity contribution >= 4 is 23.2 Å². The minimum absolute atomic E-state index is 0.0243. The quantitative estimate of drug-likeness (QED) is 0.223. The van der Waals surface area contributed by atoms with Crippen LogP contribution in [-0.2, 0) is 4.74 Å². The molecule has 0 bridgehead atoms. The first-order valence-corrected chi connectivity index (χ1v) is 10.5. The number of aromatic nitrogens is 1. The van der Waals surface area contributed by atoms with Gasteiger partial charge in [-0.05, 0) is 30.3 Å². The third-order valence-electron chi connectivity index (χ3n) is 4.64. The average molecular weight is 456 g/mol. The van der Waals surface area contributed by atoms with Crippen LogP contribution in [0, 0.1) is 10.1 Å². The van der Waals surface area contributed by atoms with E-state index in [9.17, 15) is 10.1 Å². The third-order valence-corrected chi connectivity index (χ3v) is 5.50. The molecule has 4 rings (SSSR count). The van der Waals surface area contributed by atoms with Crippen molar-refractivity contribution in [2.45, 2.75) is 0 Å². The molecule has 0 spiro atoms. The smallest absolute Gasteiger partial charge is 0.282 e. The van der Waals surface area contributed by atoms with Gasteiger partial charge < -0.3 is 18.9 Å². The summed E-state index contributed by atoms with van der Waals surface area (Å²) in [6, 6.07) is 10.4. The summed E-state index contributed by atoms with van der Waals surface area (Å²) in [6.07, 6.45) is 1.43. The first kappa shape index (κ1) is 21.5. The molecule has 0 saturated heterocycles. The van der Waals surface area contributed by atoms with E-state index in [0.717, 1.165) is 17.0 Å². The van der Waals surface area contributed by atoms with Crippen LogP contribution in [0.4, 0.5) is 5.69 Å². The molecule has 0 aliphatic carbocycles. The van der Waals surface area contributed by atoms with E-state index in [1.807, 2.05) is 29.6 Å². The predicted molar refractivity (Wildman–Crippen MR) is 119 cm³/mol. The Balaban J connectivity index is 1.78. The maximum absolute atomic E-state index is 11.6. The second-order valence-electron chi connectivity index (χ2n) is 6.58. The van der Waals surface area contributed by atoms with Gasteiger partial charge in [-0.3, -0.25) is 15.1 Å². The lowest BCUT2D eigenvalue weighted by molar-refractivity contribution is -0.385. The van der Waals surface area contributed by atoms with E-state index in [-0.39, 0.29) is 12.5 Å². The van der Waals surface area contributed by atoms with Crippen molar-refractivity contribution in [1.82, 2.24) is 4.68 Å². The van der Waals surface area contributed by atoms with Gasteiger partial charge in [0.2, 0.25) is 11.6 Å². The summed E-state index contributed by atoms with van der Waals surface area (Å²) < 4.78 is 22.6. The highest BCUT2D eigenvalue weighted by molar-refractivity contribution is 7.07. The van der Waals surface area contributed by atoms with Crippen molar-refractivity contribution in [2.75, 3.05) is 34.2 Å². The van der Waals surface area contributed by atoms with Crippen molar-refractivity contribution in [3.05, 3.63) is 62.3 Å². The van der Waals surface area contributed by atoms with E-state index in [2.05, 4.69) is 10.1 Å². The molecular weight excluding hydrogens is 436 g/mol. The van der Waals surface area contributed by atoms with Crippen LogP contribution in [0.5, 0.6) is 17.2 Å². The van der Waals surface area contributed by atoms with Gasteiger partial charge >= 0.3 is 0 Å². The van der Waals surface area contributed by atoms with Gasteiger partial charge in [-0.2, -0.15) is 5.10 Å². The number of ether oxygens (including phenoxy) is 4. The summed E-state index contributed by atoms with van der Waals surface area (Å²) in [6.45, 7) is 0.947. The van der Waals surface area contributed by atoms with Crippen LogP contribution in [0.3, 0.4) is 0 Å². The van der Waals surface area contributed by atoms with Gasteiger partial charge in [-0.15, -0.1) is 11.3 Å². The number of methoxy groups -OCH3 is 2. The van der Waals surface area contributed by atoms with Gasteiger partial charge in [0.15, 0.2) is 11.5 Å². The zero-order valence-electron chi connectivity index (χ0n) is 17.4. The molecule has 11 heteroatoms. The molecule has 1 aliphatic rings. The normalized spacial score (nSPS) is 13.1. The van der Waals surface area contributed by atoms with E-state index >= 15 is 0 Å².